The number of aliphatic hydroxyl groups is 1. The largest absolute Gasteiger partial charge is 0.391 e. The smallest absolute Gasteiger partial charge is 0.268 e. The molecule has 0 aliphatic heterocycles. The first-order valence-corrected chi connectivity index (χ1v) is 3.16. The number of hydrogen-bond donors (Lipinski definition) is 1. The maximum atomic E-state index is 12.2. The first kappa shape index (κ1) is 8.13. The molecule has 1 atom stereocenters. The second kappa shape index (κ2) is 2.96. The van der Waals surface area contributed by atoms with E-state index in [9.17, 15) is 8.78 Å². The first-order valence-electron chi connectivity index (χ1n) is 3.16. The summed E-state index contributed by atoms with van der Waals surface area (Å²) in [7, 11) is 0. The van der Waals surface area contributed by atoms with Crippen LogP contribution in [0.1, 0.15) is 6.92 Å². The molecule has 1 aromatic rings. The molecule has 1 rings (SSSR count). The molecular formula is C6H8F2N2O. The fourth-order valence-corrected chi connectivity index (χ4v) is 0.738. The van der Waals surface area contributed by atoms with Gasteiger partial charge < -0.3 is 5.11 Å². The van der Waals surface area contributed by atoms with Crippen LogP contribution in [0.2, 0.25) is 0 Å². The van der Waals surface area contributed by atoms with Crippen LogP contribution in [0, 0.1) is 11.8 Å². The first-order chi connectivity index (χ1) is 5.09. The lowest BCUT2D eigenvalue weighted by molar-refractivity contribution is 0.167. The minimum absolute atomic E-state index is 0.0981. The van der Waals surface area contributed by atoms with Crippen molar-refractivity contribution in [2.75, 3.05) is 0 Å². The molecule has 1 unspecified atom stereocenters. The number of halogens is 2. The number of rotatable bonds is 2. The Hall–Kier alpha value is -0.970. The van der Waals surface area contributed by atoms with Gasteiger partial charge >= 0.3 is 0 Å². The van der Waals surface area contributed by atoms with Gasteiger partial charge in [0.05, 0.1) is 18.8 Å². The zero-order valence-electron chi connectivity index (χ0n) is 5.96. The van der Waals surface area contributed by atoms with Crippen molar-refractivity contribution in [3.8, 4) is 0 Å². The van der Waals surface area contributed by atoms with Crippen LogP contribution >= 0.6 is 0 Å². The third-order valence-electron chi connectivity index (χ3n) is 1.13. The van der Waals surface area contributed by atoms with Crippen molar-refractivity contribution in [1.82, 2.24) is 9.78 Å². The van der Waals surface area contributed by atoms with Gasteiger partial charge in [-0.15, -0.1) is 5.10 Å². The molecule has 0 radical (unpaired) electrons. The molecule has 5 heteroatoms. The molecule has 0 fully saturated rings. The van der Waals surface area contributed by atoms with Gasteiger partial charge in [0.15, 0.2) is 5.82 Å². The summed E-state index contributed by atoms with van der Waals surface area (Å²) in [6, 6.07) is 0. The predicted molar refractivity (Wildman–Crippen MR) is 33.8 cm³/mol. The number of aliphatic hydroxyl groups excluding tert-OH is 1. The third kappa shape index (κ3) is 1.98. The van der Waals surface area contributed by atoms with Gasteiger partial charge in [-0.2, -0.15) is 4.39 Å². The molecule has 1 aromatic heterocycles. The van der Waals surface area contributed by atoms with E-state index in [0.717, 1.165) is 10.9 Å². The molecule has 0 aromatic carbocycles. The summed E-state index contributed by atoms with van der Waals surface area (Å²) in [5, 5.41) is 12.0. The summed E-state index contributed by atoms with van der Waals surface area (Å²) in [5.41, 5.74) is 0. The van der Waals surface area contributed by atoms with Gasteiger partial charge in [-0.1, -0.05) is 0 Å². The maximum absolute atomic E-state index is 12.2. The Bertz CT molecular complexity index is 227. The zero-order valence-corrected chi connectivity index (χ0v) is 5.96. The highest BCUT2D eigenvalue weighted by molar-refractivity contribution is 4.87. The molecule has 3 nitrogen and oxygen atoms in total. The Balaban J connectivity index is 2.73. The van der Waals surface area contributed by atoms with Crippen LogP contribution in [0.5, 0.6) is 0 Å². The molecular weight excluding hydrogens is 154 g/mol. The van der Waals surface area contributed by atoms with Crippen molar-refractivity contribution in [3.05, 3.63) is 18.0 Å². The molecule has 0 aliphatic carbocycles. The third-order valence-corrected chi connectivity index (χ3v) is 1.13. The fraction of sp³-hybridized carbons (Fsp3) is 0.500. The molecule has 0 saturated carbocycles. The highest BCUT2D eigenvalue weighted by Gasteiger charge is 2.07. The van der Waals surface area contributed by atoms with Gasteiger partial charge in [0, 0.05) is 0 Å². The standard InChI is InChI=1S/C6H8F2N2O/c1-4(11)2-10-3-5(7)6(8)9-10/h3-4,11H,2H2,1H3. The van der Waals surface area contributed by atoms with Crippen LogP contribution in [0.15, 0.2) is 6.20 Å². The van der Waals surface area contributed by atoms with E-state index in [-0.39, 0.29) is 6.54 Å². The second-order valence-corrected chi connectivity index (χ2v) is 2.34. The number of nitrogens with zero attached hydrogens (tertiary/aromatic N) is 2. The van der Waals surface area contributed by atoms with Crippen LogP contribution in [0.4, 0.5) is 8.78 Å². The predicted octanol–water partition coefficient (Wildman–Crippen LogP) is 0.542. The van der Waals surface area contributed by atoms with Crippen molar-refractivity contribution in [2.45, 2.75) is 19.6 Å². The normalized spacial score (nSPS) is 13.5. The summed E-state index contributed by atoms with van der Waals surface area (Å²) in [5.74, 6) is -2.13. The lowest BCUT2D eigenvalue weighted by Gasteiger charge is -2.01. The van der Waals surface area contributed by atoms with Gasteiger partial charge in [0.1, 0.15) is 0 Å². The molecule has 0 spiro atoms. The minimum atomic E-state index is -1.13. The molecule has 0 aliphatic rings. The summed E-state index contributed by atoms with van der Waals surface area (Å²) in [6.45, 7) is 1.61. The maximum Gasteiger partial charge on any atom is 0.268 e. The van der Waals surface area contributed by atoms with Gasteiger partial charge in [0.25, 0.3) is 5.95 Å². The van der Waals surface area contributed by atoms with E-state index < -0.39 is 17.9 Å². The van der Waals surface area contributed by atoms with E-state index in [1.807, 2.05) is 0 Å². The van der Waals surface area contributed by atoms with Gasteiger partial charge in [-0.05, 0) is 6.92 Å². The average molecular weight is 162 g/mol. The van der Waals surface area contributed by atoms with Crippen molar-refractivity contribution >= 4 is 0 Å². The topological polar surface area (TPSA) is 38.0 Å². The van der Waals surface area contributed by atoms with Crippen molar-refractivity contribution in [1.29, 1.82) is 0 Å². The molecule has 62 valence electrons. The van der Waals surface area contributed by atoms with E-state index in [1.54, 1.807) is 0 Å². The van der Waals surface area contributed by atoms with E-state index in [4.69, 9.17) is 5.11 Å². The highest BCUT2D eigenvalue weighted by atomic mass is 19.2. The van der Waals surface area contributed by atoms with E-state index in [0.29, 0.717) is 0 Å². The van der Waals surface area contributed by atoms with Gasteiger partial charge in [-0.25, -0.2) is 4.39 Å². The van der Waals surface area contributed by atoms with Crippen molar-refractivity contribution in [3.63, 3.8) is 0 Å². The Morgan fingerprint density at radius 2 is 2.36 bits per heavy atom. The summed E-state index contributed by atoms with van der Waals surface area (Å²) in [4.78, 5) is 0. The van der Waals surface area contributed by atoms with Crippen LogP contribution in [-0.2, 0) is 6.54 Å². The monoisotopic (exact) mass is 162 g/mol. The Kier molecular flexibility index (Phi) is 2.19. The van der Waals surface area contributed by atoms with E-state index in [2.05, 4.69) is 5.10 Å². The lowest BCUT2D eigenvalue weighted by Crippen LogP contribution is -2.12. The number of aromatic nitrogens is 2. The lowest BCUT2D eigenvalue weighted by atomic mass is 10.4. The quantitative estimate of drug-likeness (QED) is 0.689. The van der Waals surface area contributed by atoms with Crippen molar-refractivity contribution < 1.29 is 13.9 Å². The molecule has 0 amide bonds. The zero-order chi connectivity index (χ0) is 8.43. The second-order valence-electron chi connectivity index (χ2n) is 2.34. The molecule has 0 bridgehead atoms. The molecule has 11 heavy (non-hydrogen) atoms. The van der Waals surface area contributed by atoms with Crippen LogP contribution < -0.4 is 0 Å². The van der Waals surface area contributed by atoms with Crippen LogP contribution in [0.25, 0.3) is 0 Å². The van der Waals surface area contributed by atoms with Crippen LogP contribution in [0.3, 0.4) is 0 Å². The summed E-state index contributed by atoms with van der Waals surface area (Å²) < 4.78 is 25.5. The van der Waals surface area contributed by atoms with Crippen molar-refractivity contribution in [2.24, 2.45) is 0 Å². The average Bonchev–Trinajstić information content (AvgIpc) is 2.10. The molecule has 1 N–H and O–H groups in total. The fourth-order valence-electron chi connectivity index (χ4n) is 0.738. The van der Waals surface area contributed by atoms with Gasteiger partial charge in [-0.3, -0.25) is 4.68 Å². The Morgan fingerprint density at radius 1 is 1.73 bits per heavy atom. The minimum Gasteiger partial charge on any atom is -0.391 e. The Labute approximate surface area is 62.3 Å². The molecule has 0 saturated heterocycles. The van der Waals surface area contributed by atoms with E-state index in [1.165, 1.54) is 6.92 Å². The van der Waals surface area contributed by atoms with Crippen LogP contribution in [-0.4, -0.2) is 21.0 Å². The molecule has 1 heterocycles. The summed E-state index contributed by atoms with van der Waals surface area (Å²) in [6.07, 6.45) is 0.246. The number of hydrogen-bond acceptors (Lipinski definition) is 2. The van der Waals surface area contributed by atoms with Gasteiger partial charge in [0.2, 0.25) is 0 Å². The highest BCUT2D eigenvalue weighted by Crippen LogP contribution is 2.01. The SMILES string of the molecule is CC(O)Cn1cc(F)c(F)n1. The van der Waals surface area contributed by atoms with E-state index >= 15 is 0 Å². The summed E-state index contributed by atoms with van der Waals surface area (Å²) >= 11 is 0. The Morgan fingerprint density at radius 3 is 2.73 bits per heavy atom.